The average Bonchev–Trinajstić information content (AvgIpc) is 2.50. The zero-order valence-electron chi connectivity index (χ0n) is 18.0. The van der Waals surface area contributed by atoms with E-state index in [9.17, 15) is 4.21 Å². The third-order valence-electron chi connectivity index (χ3n) is 4.10. The Balaban J connectivity index is 2.33. The molecule has 2 radical (unpaired) electrons. The number of aromatic nitrogens is 1. The van der Waals surface area contributed by atoms with Gasteiger partial charge in [0.05, 0.1) is 0 Å². The molecule has 0 aliphatic heterocycles. The van der Waals surface area contributed by atoms with Crippen LogP contribution in [0.2, 0.25) is 3.43 Å². The third kappa shape index (κ3) is 7.13. The second-order valence-corrected chi connectivity index (χ2v) is 18.3. The fourth-order valence-corrected chi connectivity index (χ4v) is 7.28. The number of pyridine rings is 1. The molecule has 0 spiro atoms. The molecule has 3 nitrogen and oxygen atoms in total. The molecule has 1 aromatic heterocycles. The predicted octanol–water partition coefficient (Wildman–Crippen LogP) is 4.92. The zero-order chi connectivity index (χ0) is 20.4. The van der Waals surface area contributed by atoms with Gasteiger partial charge in [0.2, 0.25) is 0 Å². The van der Waals surface area contributed by atoms with E-state index >= 15 is 0 Å². The van der Waals surface area contributed by atoms with E-state index in [1.165, 1.54) is 8.97 Å². The van der Waals surface area contributed by atoms with Gasteiger partial charge >= 0.3 is 178 Å². The monoisotopic (exact) mass is 494 g/mol. The standard InChI is InChI=1S/C18H25N2OS.C4H9.Sn/c1-13(2)12-17(20-22(21)18(3,4)5)16-11-10-14-8-6-7-9-15(14)19-16;1-4(2)3;/h7-11,13,17,20H,12H2,1-5H3;1-3H3;. The van der Waals surface area contributed by atoms with Gasteiger partial charge in [-0.1, -0.05) is 0 Å². The summed E-state index contributed by atoms with van der Waals surface area (Å²) in [6.45, 7) is 17.4. The van der Waals surface area contributed by atoms with Crippen LogP contribution in [0.4, 0.5) is 0 Å². The second kappa shape index (κ2) is 8.91. The van der Waals surface area contributed by atoms with Gasteiger partial charge in [0.1, 0.15) is 0 Å². The molecule has 1 aromatic carbocycles. The van der Waals surface area contributed by atoms with Crippen LogP contribution in [0.25, 0.3) is 10.9 Å². The van der Waals surface area contributed by atoms with E-state index in [-0.39, 0.29) is 10.8 Å². The van der Waals surface area contributed by atoms with Crippen LogP contribution in [-0.2, 0) is 11.0 Å². The van der Waals surface area contributed by atoms with Crippen LogP contribution < -0.4 is 8.30 Å². The molecule has 2 rings (SSSR count). The summed E-state index contributed by atoms with van der Waals surface area (Å²) in [4.78, 5) is 4.92. The molecule has 0 saturated heterocycles. The Morgan fingerprint density at radius 2 is 1.74 bits per heavy atom. The Labute approximate surface area is 177 Å². The number of rotatable bonds is 6. The van der Waals surface area contributed by atoms with E-state index in [0.29, 0.717) is 9.35 Å². The Morgan fingerprint density at radius 1 is 1.07 bits per heavy atom. The molecule has 0 fully saturated rings. The van der Waals surface area contributed by atoms with Crippen molar-refractivity contribution < 1.29 is 4.21 Å². The molecule has 5 heteroatoms. The molecule has 0 bridgehead atoms. The van der Waals surface area contributed by atoms with Gasteiger partial charge in [0.15, 0.2) is 0 Å². The van der Waals surface area contributed by atoms with Crippen LogP contribution in [0.1, 0.15) is 73.5 Å². The first-order valence-electron chi connectivity index (χ1n) is 9.72. The Morgan fingerprint density at radius 3 is 2.30 bits per heavy atom. The van der Waals surface area contributed by atoms with Gasteiger partial charge in [0.25, 0.3) is 0 Å². The average molecular weight is 493 g/mol. The van der Waals surface area contributed by atoms with Crippen LogP contribution in [0, 0.1) is 5.92 Å². The quantitative estimate of drug-likeness (QED) is 0.581. The molecule has 2 unspecified atom stereocenters. The van der Waals surface area contributed by atoms with Gasteiger partial charge in [-0.15, -0.1) is 0 Å². The Hall–Kier alpha value is -0.461. The summed E-state index contributed by atoms with van der Waals surface area (Å²) in [5.74, 6) is 0.499. The minimum atomic E-state index is -1.12. The van der Waals surface area contributed by atoms with Crippen molar-refractivity contribution in [3.8, 4) is 0 Å². The molecule has 0 aliphatic rings. The van der Waals surface area contributed by atoms with Crippen molar-refractivity contribution in [2.75, 3.05) is 0 Å². The number of fused-ring (bicyclic) bond motifs is 1. The summed E-state index contributed by atoms with van der Waals surface area (Å²) in [7, 11) is -1.12. The van der Waals surface area contributed by atoms with Crippen LogP contribution in [0.5, 0.6) is 0 Å². The summed E-state index contributed by atoms with van der Waals surface area (Å²) in [6, 6.07) is 11.0. The SMILES string of the molecule is CC(C)CC(NS(=O)C(C)(C)C)c1ccc2c[c]([Sn][C](C)(C)C)ccc2n1. The number of hydrogen-bond donors (Lipinski definition) is 1. The van der Waals surface area contributed by atoms with Crippen LogP contribution >= 0.6 is 0 Å². The van der Waals surface area contributed by atoms with E-state index in [0.717, 1.165) is 17.6 Å². The van der Waals surface area contributed by atoms with Gasteiger partial charge < -0.3 is 0 Å². The molecular weight excluding hydrogens is 459 g/mol. The third-order valence-corrected chi connectivity index (χ3v) is 9.56. The van der Waals surface area contributed by atoms with E-state index in [2.05, 4.69) is 69.7 Å². The maximum absolute atomic E-state index is 12.6. The fourth-order valence-electron chi connectivity index (χ4n) is 2.85. The molecule has 1 N–H and O–H groups in total. The van der Waals surface area contributed by atoms with Gasteiger partial charge in [-0.25, -0.2) is 0 Å². The first-order valence-corrected chi connectivity index (χ1v) is 13.7. The number of nitrogens with one attached hydrogen (secondary N) is 1. The number of nitrogens with zero attached hydrogens (tertiary/aromatic N) is 1. The topological polar surface area (TPSA) is 42.0 Å². The number of benzene rings is 1. The summed E-state index contributed by atoms with van der Waals surface area (Å²) in [5, 5.41) is 1.21. The molecular formula is C22H34N2OSSn. The second-order valence-electron chi connectivity index (χ2n) is 9.70. The summed E-state index contributed by atoms with van der Waals surface area (Å²) >= 11 is -0.618. The molecule has 2 aromatic rings. The first kappa shape index (κ1) is 22.8. The maximum atomic E-state index is 12.6. The molecule has 0 amide bonds. The first-order chi connectivity index (χ1) is 12.3. The van der Waals surface area contributed by atoms with Crippen molar-refractivity contribution >= 4 is 46.6 Å². The van der Waals surface area contributed by atoms with E-state index < -0.39 is 32.1 Å². The predicted molar refractivity (Wildman–Crippen MR) is 120 cm³/mol. The van der Waals surface area contributed by atoms with Gasteiger partial charge in [-0.2, -0.15) is 0 Å². The Kier molecular flexibility index (Phi) is 7.53. The molecule has 2 atom stereocenters. The van der Waals surface area contributed by atoms with E-state index in [1.54, 1.807) is 0 Å². The minimum absolute atomic E-state index is 0.000171. The van der Waals surface area contributed by atoms with E-state index in [1.807, 2.05) is 20.8 Å². The Bertz CT molecular complexity index is 806. The van der Waals surface area contributed by atoms with Crippen LogP contribution in [-0.4, -0.2) is 35.1 Å². The van der Waals surface area contributed by atoms with Crippen molar-refractivity contribution in [1.29, 1.82) is 0 Å². The van der Waals surface area contributed by atoms with Crippen molar-refractivity contribution in [3.63, 3.8) is 0 Å². The van der Waals surface area contributed by atoms with Crippen molar-refractivity contribution in [2.45, 2.75) is 76.0 Å². The number of hydrogen-bond acceptors (Lipinski definition) is 2. The molecule has 0 aliphatic carbocycles. The molecule has 148 valence electrons. The van der Waals surface area contributed by atoms with Crippen molar-refractivity contribution in [1.82, 2.24) is 9.71 Å². The van der Waals surface area contributed by atoms with Crippen molar-refractivity contribution in [3.05, 3.63) is 36.0 Å². The molecule has 27 heavy (non-hydrogen) atoms. The summed E-state index contributed by atoms with van der Waals surface area (Å²) in [5.41, 5.74) is 2.01. The van der Waals surface area contributed by atoms with Gasteiger partial charge in [0, 0.05) is 0 Å². The van der Waals surface area contributed by atoms with Gasteiger partial charge in [-0.3, -0.25) is 0 Å². The molecule has 1 heterocycles. The summed E-state index contributed by atoms with van der Waals surface area (Å²) < 4.78 is 17.6. The van der Waals surface area contributed by atoms with Crippen molar-refractivity contribution in [2.24, 2.45) is 5.92 Å². The van der Waals surface area contributed by atoms with Crippen LogP contribution in [0.15, 0.2) is 30.3 Å². The van der Waals surface area contributed by atoms with E-state index in [4.69, 9.17) is 4.98 Å². The summed E-state index contributed by atoms with van der Waals surface area (Å²) in [6.07, 6.45) is 0.914. The van der Waals surface area contributed by atoms with Gasteiger partial charge in [-0.05, 0) is 0 Å². The fraction of sp³-hybridized carbons (Fsp3) is 0.591. The zero-order valence-corrected chi connectivity index (χ0v) is 21.7. The molecule has 0 saturated carbocycles. The van der Waals surface area contributed by atoms with Crippen LogP contribution in [0.3, 0.4) is 0 Å². The normalized spacial score (nSPS) is 15.3.